The molecule has 0 saturated carbocycles. The lowest BCUT2D eigenvalue weighted by atomic mass is 10.3. The molecule has 0 bridgehead atoms. The fraction of sp³-hybridized carbons (Fsp3) is 0.100. The molecule has 3 nitrogen and oxygen atoms in total. The van der Waals surface area contributed by atoms with E-state index in [2.05, 4.69) is 9.97 Å². The first kappa shape index (κ1) is 8.85. The average Bonchev–Trinajstić information content (AvgIpc) is 2.67. The summed E-state index contributed by atoms with van der Waals surface area (Å²) in [6, 6.07) is 5.90. The number of pyridine rings is 1. The molecule has 0 N–H and O–H groups in total. The van der Waals surface area contributed by atoms with Crippen molar-refractivity contribution in [3.05, 3.63) is 35.1 Å². The van der Waals surface area contributed by atoms with E-state index < -0.39 is 0 Å². The van der Waals surface area contributed by atoms with Crippen LogP contribution in [-0.2, 0) is 0 Å². The maximum Gasteiger partial charge on any atom is 0.152 e. The van der Waals surface area contributed by atoms with Crippen molar-refractivity contribution in [1.29, 1.82) is 5.26 Å². The molecule has 14 heavy (non-hydrogen) atoms. The van der Waals surface area contributed by atoms with Gasteiger partial charge in [-0.3, -0.25) is 4.98 Å². The molecule has 68 valence electrons. The molecule has 0 aliphatic carbocycles. The molecule has 0 aromatic carbocycles. The van der Waals surface area contributed by atoms with Gasteiger partial charge in [-0.2, -0.15) is 5.26 Å². The zero-order chi connectivity index (χ0) is 9.97. The molecular weight excluding hydrogens is 194 g/mol. The number of aromatic nitrogens is 2. The van der Waals surface area contributed by atoms with Crippen LogP contribution >= 0.6 is 11.3 Å². The zero-order valence-corrected chi connectivity index (χ0v) is 8.38. The summed E-state index contributed by atoms with van der Waals surface area (Å²) >= 11 is 1.46. The van der Waals surface area contributed by atoms with E-state index >= 15 is 0 Å². The maximum absolute atomic E-state index is 8.62. The van der Waals surface area contributed by atoms with Crippen molar-refractivity contribution in [3.63, 3.8) is 0 Å². The van der Waals surface area contributed by atoms with Crippen LogP contribution in [0.4, 0.5) is 0 Å². The van der Waals surface area contributed by atoms with Gasteiger partial charge in [-0.15, -0.1) is 11.3 Å². The highest BCUT2D eigenvalue weighted by Crippen LogP contribution is 2.22. The monoisotopic (exact) mass is 201 g/mol. The van der Waals surface area contributed by atoms with Crippen LogP contribution in [-0.4, -0.2) is 9.97 Å². The SMILES string of the molecule is Cc1ccc(-c2nc(C#N)cs2)cn1. The Morgan fingerprint density at radius 1 is 1.43 bits per heavy atom. The first-order chi connectivity index (χ1) is 6.79. The quantitative estimate of drug-likeness (QED) is 0.711. The van der Waals surface area contributed by atoms with Crippen molar-refractivity contribution >= 4 is 11.3 Å². The van der Waals surface area contributed by atoms with E-state index in [1.807, 2.05) is 25.1 Å². The third-order valence-electron chi connectivity index (χ3n) is 1.78. The van der Waals surface area contributed by atoms with Crippen molar-refractivity contribution in [2.45, 2.75) is 6.92 Å². The molecule has 0 amide bonds. The Labute approximate surface area is 85.7 Å². The maximum atomic E-state index is 8.62. The number of nitriles is 1. The second-order valence-corrected chi connectivity index (χ2v) is 3.70. The highest BCUT2D eigenvalue weighted by molar-refractivity contribution is 7.13. The summed E-state index contributed by atoms with van der Waals surface area (Å²) < 4.78 is 0. The summed E-state index contributed by atoms with van der Waals surface area (Å²) in [5, 5.41) is 11.2. The third kappa shape index (κ3) is 1.63. The van der Waals surface area contributed by atoms with E-state index in [4.69, 9.17) is 5.26 Å². The number of aryl methyl sites for hydroxylation is 1. The van der Waals surface area contributed by atoms with Crippen LogP contribution < -0.4 is 0 Å². The van der Waals surface area contributed by atoms with Gasteiger partial charge in [0.25, 0.3) is 0 Å². The highest BCUT2D eigenvalue weighted by Gasteiger charge is 2.03. The van der Waals surface area contributed by atoms with E-state index in [-0.39, 0.29) is 0 Å². The molecule has 0 unspecified atom stereocenters. The van der Waals surface area contributed by atoms with Crippen LogP contribution in [0.3, 0.4) is 0 Å². The standard InChI is InChI=1S/C10H7N3S/c1-7-2-3-8(5-12-7)10-13-9(4-11)6-14-10/h2-3,5-6H,1H3. The van der Waals surface area contributed by atoms with Gasteiger partial charge in [0.1, 0.15) is 11.1 Å². The lowest BCUT2D eigenvalue weighted by molar-refractivity contribution is 1.20. The molecule has 0 saturated heterocycles. The summed E-state index contributed by atoms with van der Waals surface area (Å²) in [5.41, 5.74) is 2.40. The predicted octanol–water partition coefficient (Wildman–Crippen LogP) is 2.39. The van der Waals surface area contributed by atoms with Crippen LogP contribution in [0, 0.1) is 18.3 Å². The third-order valence-corrected chi connectivity index (χ3v) is 2.67. The molecule has 0 spiro atoms. The first-order valence-corrected chi connectivity index (χ1v) is 4.96. The lowest BCUT2D eigenvalue weighted by Gasteiger charge is -1.94. The van der Waals surface area contributed by atoms with Crippen molar-refractivity contribution in [3.8, 4) is 16.6 Å². The Balaban J connectivity index is 2.40. The number of hydrogen-bond donors (Lipinski definition) is 0. The van der Waals surface area contributed by atoms with Crippen molar-refractivity contribution in [2.75, 3.05) is 0 Å². The van der Waals surface area contributed by atoms with E-state index in [1.54, 1.807) is 11.6 Å². The Kier molecular flexibility index (Phi) is 2.25. The molecule has 0 fully saturated rings. The number of nitrogens with zero attached hydrogens (tertiary/aromatic N) is 3. The molecule has 2 heterocycles. The van der Waals surface area contributed by atoms with Crippen LogP contribution in [0.1, 0.15) is 11.4 Å². The number of thiazole rings is 1. The minimum Gasteiger partial charge on any atom is -0.261 e. The molecule has 2 aromatic rings. The first-order valence-electron chi connectivity index (χ1n) is 4.08. The second-order valence-electron chi connectivity index (χ2n) is 2.84. The van der Waals surface area contributed by atoms with Crippen LogP contribution in [0.15, 0.2) is 23.7 Å². The topological polar surface area (TPSA) is 49.6 Å². The predicted molar refractivity (Wildman–Crippen MR) is 54.8 cm³/mol. The van der Waals surface area contributed by atoms with Gasteiger partial charge < -0.3 is 0 Å². The minimum atomic E-state index is 0.463. The summed E-state index contributed by atoms with van der Waals surface area (Å²) in [4.78, 5) is 8.32. The fourth-order valence-corrected chi connectivity index (χ4v) is 1.79. The van der Waals surface area contributed by atoms with E-state index in [1.165, 1.54) is 11.3 Å². The molecule has 0 aliphatic rings. The molecular formula is C10H7N3S. The van der Waals surface area contributed by atoms with Crippen molar-refractivity contribution in [1.82, 2.24) is 9.97 Å². The molecule has 4 heteroatoms. The Bertz CT molecular complexity index is 479. The van der Waals surface area contributed by atoms with Gasteiger partial charge in [0.15, 0.2) is 5.69 Å². The molecule has 2 rings (SSSR count). The molecule has 0 radical (unpaired) electrons. The number of rotatable bonds is 1. The van der Waals surface area contributed by atoms with Crippen LogP contribution in [0.25, 0.3) is 10.6 Å². The summed E-state index contributed by atoms with van der Waals surface area (Å²) in [5.74, 6) is 0. The van der Waals surface area contributed by atoms with Gasteiger partial charge >= 0.3 is 0 Å². The smallest absolute Gasteiger partial charge is 0.152 e. The Hall–Kier alpha value is -1.73. The summed E-state index contributed by atoms with van der Waals surface area (Å²) in [6.45, 7) is 1.94. The van der Waals surface area contributed by atoms with Crippen molar-refractivity contribution in [2.24, 2.45) is 0 Å². The van der Waals surface area contributed by atoms with Crippen LogP contribution in [0.5, 0.6) is 0 Å². The number of hydrogen-bond acceptors (Lipinski definition) is 4. The van der Waals surface area contributed by atoms with E-state index in [0.717, 1.165) is 16.3 Å². The van der Waals surface area contributed by atoms with Gasteiger partial charge in [-0.1, -0.05) is 0 Å². The molecule has 0 atom stereocenters. The Morgan fingerprint density at radius 2 is 2.29 bits per heavy atom. The average molecular weight is 201 g/mol. The van der Waals surface area contributed by atoms with Gasteiger partial charge in [0.2, 0.25) is 0 Å². The molecule has 2 aromatic heterocycles. The van der Waals surface area contributed by atoms with Crippen LogP contribution in [0.2, 0.25) is 0 Å². The lowest BCUT2D eigenvalue weighted by Crippen LogP contribution is -1.82. The summed E-state index contributed by atoms with van der Waals surface area (Å²) in [6.07, 6.45) is 1.77. The largest absolute Gasteiger partial charge is 0.261 e. The van der Waals surface area contributed by atoms with Gasteiger partial charge in [0.05, 0.1) is 0 Å². The Morgan fingerprint density at radius 3 is 2.86 bits per heavy atom. The van der Waals surface area contributed by atoms with Gasteiger partial charge in [-0.25, -0.2) is 4.98 Å². The summed E-state index contributed by atoms with van der Waals surface area (Å²) in [7, 11) is 0. The van der Waals surface area contributed by atoms with Crippen molar-refractivity contribution < 1.29 is 0 Å². The fourth-order valence-electron chi connectivity index (χ4n) is 1.05. The minimum absolute atomic E-state index is 0.463. The zero-order valence-electron chi connectivity index (χ0n) is 7.56. The van der Waals surface area contributed by atoms with Gasteiger partial charge in [-0.05, 0) is 19.1 Å². The van der Waals surface area contributed by atoms with E-state index in [0.29, 0.717) is 5.69 Å². The highest BCUT2D eigenvalue weighted by atomic mass is 32.1. The molecule has 0 aliphatic heterocycles. The van der Waals surface area contributed by atoms with E-state index in [9.17, 15) is 0 Å². The second kappa shape index (κ2) is 3.56. The van der Waals surface area contributed by atoms with Gasteiger partial charge in [0, 0.05) is 22.8 Å². The normalized spacial score (nSPS) is 9.71.